The summed E-state index contributed by atoms with van der Waals surface area (Å²) >= 11 is 5.84. The number of rotatable bonds is 3. The summed E-state index contributed by atoms with van der Waals surface area (Å²) < 4.78 is 12.5. The highest BCUT2D eigenvalue weighted by molar-refractivity contribution is 7.85. The zero-order chi connectivity index (χ0) is 12.4. The van der Waals surface area contributed by atoms with Crippen LogP contribution < -0.4 is 5.32 Å². The Bertz CT molecular complexity index is 406. The van der Waals surface area contributed by atoms with Crippen molar-refractivity contribution in [2.24, 2.45) is 5.92 Å². The van der Waals surface area contributed by atoms with E-state index < -0.39 is 10.8 Å². The minimum atomic E-state index is -0.918. The molecule has 0 aliphatic heterocycles. The second-order valence-electron chi connectivity index (χ2n) is 4.62. The molecule has 0 heterocycles. The predicted molar refractivity (Wildman–Crippen MR) is 72.9 cm³/mol. The lowest BCUT2D eigenvalue weighted by Crippen LogP contribution is -2.32. The lowest BCUT2D eigenvalue weighted by atomic mass is 10.1. The van der Waals surface area contributed by atoms with Crippen LogP contribution in [0.3, 0.4) is 0 Å². The summed E-state index contributed by atoms with van der Waals surface area (Å²) in [6.45, 7) is 2.19. The van der Waals surface area contributed by atoms with Crippen molar-refractivity contribution in [1.82, 2.24) is 5.32 Å². The maximum absolute atomic E-state index is 12.5. The van der Waals surface area contributed by atoms with E-state index in [1.807, 2.05) is 31.3 Å². The fraction of sp³-hybridized carbons (Fsp3) is 0.538. The standard InChI is InChI=1S/C13H18ClNOS/c1-9-12(15-2)7-8-13(9)17(16)11-5-3-10(14)4-6-11/h3-6,9,12-13,15H,7-8H2,1-2H3. The topological polar surface area (TPSA) is 29.1 Å². The smallest absolute Gasteiger partial charge is 0.0564 e. The van der Waals surface area contributed by atoms with Crippen LogP contribution in [0.25, 0.3) is 0 Å². The van der Waals surface area contributed by atoms with Crippen molar-refractivity contribution in [2.45, 2.75) is 36.0 Å². The van der Waals surface area contributed by atoms with Gasteiger partial charge in [0.1, 0.15) is 0 Å². The summed E-state index contributed by atoms with van der Waals surface area (Å²) in [5.41, 5.74) is 0. The molecule has 0 saturated heterocycles. The van der Waals surface area contributed by atoms with Crippen molar-refractivity contribution < 1.29 is 4.21 Å². The molecule has 1 aromatic rings. The summed E-state index contributed by atoms with van der Waals surface area (Å²) in [6, 6.07) is 7.86. The highest BCUT2D eigenvalue weighted by Crippen LogP contribution is 2.32. The average Bonchev–Trinajstić information content (AvgIpc) is 2.70. The molecule has 0 radical (unpaired) electrons. The molecule has 1 saturated carbocycles. The molecular formula is C13H18ClNOS. The fourth-order valence-corrected chi connectivity index (χ4v) is 4.39. The van der Waals surface area contributed by atoms with E-state index in [0.29, 0.717) is 17.0 Å². The van der Waals surface area contributed by atoms with Crippen LogP contribution in [0.2, 0.25) is 5.02 Å². The maximum Gasteiger partial charge on any atom is 0.0564 e. The lowest BCUT2D eigenvalue weighted by Gasteiger charge is -2.19. The van der Waals surface area contributed by atoms with Crippen molar-refractivity contribution in [1.29, 1.82) is 0 Å². The minimum Gasteiger partial charge on any atom is -0.317 e. The number of benzene rings is 1. The Labute approximate surface area is 110 Å². The van der Waals surface area contributed by atoms with Crippen molar-refractivity contribution in [3.63, 3.8) is 0 Å². The van der Waals surface area contributed by atoms with Crippen LogP contribution in [-0.4, -0.2) is 22.5 Å². The zero-order valence-corrected chi connectivity index (χ0v) is 11.7. The van der Waals surface area contributed by atoms with Gasteiger partial charge < -0.3 is 5.32 Å². The number of hydrogen-bond donors (Lipinski definition) is 1. The minimum absolute atomic E-state index is 0.258. The Hall–Kier alpha value is -0.380. The van der Waals surface area contributed by atoms with Crippen LogP contribution >= 0.6 is 11.6 Å². The van der Waals surface area contributed by atoms with E-state index in [2.05, 4.69) is 12.2 Å². The first-order valence-electron chi connectivity index (χ1n) is 5.97. The van der Waals surface area contributed by atoms with Gasteiger partial charge in [-0.3, -0.25) is 4.21 Å². The van der Waals surface area contributed by atoms with Crippen molar-refractivity contribution in [2.75, 3.05) is 7.05 Å². The van der Waals surface area contributed by atoms with Gasteiger partial charge in [-0.1, -0.05) is 18.5 Å². The Kier molecular flexibility index (Phi) is 4.23. The van der Waals surface area contributed by atoms with E-state index in [1.165, 1.54) is 0 Å². The summed E-state index contributed by atoms with van der Waals surface area (Å²) in [5.74, 6) is 0.455. The third-order valence-corrected chi connectivity index (χ3v) is 5.88. The Morgan fingerprint density at radius 2 is 1.94 bits per heavy atom. The van der Waals surface area contributed by atoms with Gasteiger partial charge in [0.25, 0.3) is 0 Å². The second-order valence-corrected chi connectivity index (χ2v) is 6.73. The number of hydrogen-bond acceptors (Lipinski definition) is 2. The molecule has 0 bridgehead atoms. The van der Waals surface area contributed by atoms with Gasteiger partial charge in [0.2, 0.25) is 0 Å². The first kappa shape index (κ1) is 13.1. The monoisotopic (exact) mass is 271 g/mol. The highest BCUT2D eigenvalue weighted by Gasteiger charge is 2.35. The molecule has 17 heavy (non-hydrogen) atoms. The van der Waals surface area contributed by atoms with Crippen LogP contribution in [0.1, 0.15) is 19.8 Å². The molecule has 4 unspecified atom stereocenters. The molecule has 4 atom stereocenters. The van der Waals surface area contributed by atoms with Gasteiger partial charge in [0.05, 0.1) is 10.8 Å². The molecule has 1 aliphatic rings. The predicted octanol–water partition coefficient (Wildman–Crippen LogP) is 2.83. The molecule has 0 aromatic heterocycles. The van der Waals surface area contributed by atoms with Crippen molar-refractivity contribution in [3.8, 4) is 0 Å². The molecule has 0 spiro atoms. The average molecular weight is 272 g/mol. The first-order valence-corrected chi connectivity index (χ1v) is 7.56. The Morgan fingerprint density at radius 3 is 2.47 bits per heavy atom. The molecule has 1 fully saturated rings. The van der Waals surface area contributed by atoms with Crippen molar-refractivity contribution in [3.05, 3.63) is 29.3 Å². The fourth-order valence-electron chi connectivity index (χ4n) is 2.58. The Balaban J connectivity index is 2.13. The van der Waals surface area contributed by atoms with Crippen LogP contribution in [-0.2, 0) is 10.8 Å². The van der Waals surface area contributed by atoms with Gasteiger partial charge >= 0.3 is 0 Å². The van der Waals surface area contributed by atoms with Crippen LogP contribution in [0, 0.1) is 5.92 Å². The summed E-state index contributed by atoms with van der Waals surface area (Å²) in [7, 11) is 1.06. The molecule has 2 rings (SSSR count). The summed E-state index contributed by atoms with van der Waals surface area (Å²) in [4.78, 5) is 0.892. The molecule has 0 amide bonds. The third-order valence-electron chi connectivity index (χ3n) is 3.68. The van der Waals surface area contributed by atoms with Crippen LogP contribution in [0.4, 0.5) is 0 Å². The summed E-state index contributed by atoms with van der Waals surface area (Å²) in [6.07, 6.45) is 2.14. The van der Waals surface area contributed by atoms with Crippen molar-refractivity contribution >= 4 is 22.4 Å². The SMILES string of the molecule is CNC1CCC(S(=O)c2ccc(Cl)cc2)C1C. The second kappa shape index (κ2) is 5.51. The number of halogens is 1. The molecule has 94 valence electrons. The van der Waals surface area contributed by atoms with Gasteiger partial charge in [0.15, 0.2) is 0 Å². The Morgan fingerprint density at radius 1 is 1.29 bits per heavy atom. The largest absolute Gasteiger partial charge is 0.317 e. The van der Waals surface area contributed by atoms with E-state index >= 15 is 0 Å². The van der Waals surface area contributed by atoms with Crippen LogP contribution in [0.15, 0.2) is 29.2 Å². The quantitative estimate of drug-likeness (QED) is 0.916. The van der Waals surface area contributed by atoms with E-state index in [9.17, 15) is 4.21 Å². The van der Waals surface area contributed by atoms with Gasteiger partial charge in [0, 0.05) is 21.2 Å². The van der Waals surface area contributed by atoms with Gasteiger partial charge in [-0.15, -0.1) is 0 Å². The molecular weight excluding hydrogens is 254 g/mol. The van der Waals surface area contributed by atoms with E-state index in [-0.39, 0.29) is 5.25 Å². The third kappa shape index (κ3) is 2.72. The molecule has 1 N–H and O–H groups in total. The maximum atomic E-state index is 12.5. The highest BCUT2D eigenvalue weighted by atomic mass is 35.5. The van der Waals surface area contributed by atoms with E-state index in [4.69, 9.17) is 11.6 Å². The molecule has 4 heteroatoms. The first-order chi connectivity index (χ1) is 8.13. The summed E-state index contributed by atoms with van der Waals surface area (Å²) in [5, 5.41) is 4.25. The number of nitrogens with one attached hydrogen (secondary N) is 1. The normalized spacial score (nSPS) is 30.4. The van der Waals surface area contributed by atoms with Gasteiger partial charge in [-0.05, 0) is 50.1 Å². The van der Waals surface area contributed by atoms with E-state index in [0.717, 1.165) is 17.7 Å². The zero-order valence-electron chi connectivity index (χ0n) is 10.2. The van der Waals surface area contributed by atoms with Gasteiger partial charge in [-0.2, -0.15) is 0 Å². The molecule has 2 nitrogen and oxygen atoms in total. The molecule has 1 aliphatic carbocycles. The van der Waals surface area contributed by atoms with Gasteiger partial charge in [-0.25, -0.2) is 0 Å². The molecule has 1 aromatic carbocycles. The van der Waals surface area contributed by atoms with Crippen LogP contribution in [0.5, 0.6) is 0 Å². The van der Waals surface area contributed by atoms with E-state index in [1.54, 1.807) is 0 Å². The lowest BCUT2D eigenvalue weighted by molar-refractivity contribution is 0.460.